The fourth-order valence-corrected chi connectivity index (χ4v) is 2.60. The minimum absolute atomic E-state index is 0. The minimum Gasteiger partial charge on any atom is -0.357 e. The first-order chi connectivity index (χ1) is 10.3. The van der Waals surface area contributed by atoms with Gasteiger partial charge in [0.15, 0.2) is 5.96 Å². The van der Waals surface area contributed by atoms with Gasteiger partial charge in [0.25, 0.3) is 0 Å². The molecule has 0 aliphatic carbocycles. The van der Waals surface area contributed by atoms with Crippen LogP contribution in [0.15, 0.2) is 29.3 Å². The van der Waals surface area contributed by atoms with Crippen molar-refractivity contribution in [1.82, 2.24) is 10.6 Å². The van der Waals surface area contributed by atoms with E-state index in [2.05, 4.69) is 15.6 Å². The maximum Gasteiger partial charge on any atom is 0.191 e. The summed E-state index contributed by atoms with van der Waals surface area (Å²) in [4.78, 5) is 4.36. The van der Waals surface area contributed by atoms with Gasteiger partial charge in [0.2, 0.25) is 0 Å². The van der Waals surface area contributed by atoms with Crippen molar-refractivity contribution in [2.45, 2.75) is 39.0 Å². The van der Waals surface area contributed by atoms with E-state index in [1.807, 2.05) is 27.7 Å². The van der Waals surface area contributed by atoms with Gasteiger partial charge in [0.05, 0.1) is 6.54 Å². The summed E-state index contributed by atoms with van der Waals surface area (Å²) < 4.78 is 25.3. The predicted molar refractivity (Wildman–Crippen MR) is 107 cm³/mol. The van der Waals surface area contributed by atoms with Crippen LogP contribution in [0.25, 0.3) is 0 Å². The van der Waals surface area contributed by atoms with Crippen molar-refractivity contribution >= 4 is 40.7 Å². The molecule has 0 bridgehead atoms. The number of rotatable bonds is 6. The monoisotopic (exact) mass is 455 g/mol. The number of nitrogens with one attached hydrogen (secondary N) is 2. The molecule has 0 aliphatic heterocycles. The maximum absolute atomic E-state index is 13.6. The second-order valence-corrected chi connectivity index (χ2v) is 8.20. The smallest absolute Gasteiger partial charge is 0.191 e. The first-order valence-corrected chi connectivity index (χ1v) is 8.80. The normalized spacial score (nSPS) is 13.2. The molecule has 1 aromatic rings. The van der Waals surface area contributed by atoms with Crippen LogP contribution in [-0.2, 0) is 17.3 Å². The van der Waals surface area contributed by atoms with Crippen molar-refractivity contribution in [3.63, 3.8) is 0 Å². The van der Waals surface area contributed by atoms with Gasteiger partial charge < -0.3 is 10.6 Å². The molecule has 23 heavy (non-hydrogen) atoms. The lowest BCUT2D eigenvalue weighted by Gasteiger charge is -2.18. The molecule has 0 aliphatic rings. The third kappa shape index (κ3) is 8.64. The molecule has 0 saturated heterocycles. The van der Waals surface area contributed by atoms with E-state index >= 15 is 0 Å². The third-order valence-corrected chi connectivity index (χ3v) is 4.91. The lowest BCUT2D eigenvalue weighted by Crippen LogP contribution is -2.40. The second-order valence-electron chi connectivity index (χ2n) is 5.88. The zero-order valence-corrected chi connectivity index (χ0v) is 17.3. The molecule has 0 heterocycles. The molecule has 0 aromatic heterocycles. The second kappa shape index (κ2) is 11.0. The van der Waals surface area contributed by atoms with Gasteiger partial charge in [0.1, 0.15) is 5.82 Å². The van der Waals surface area contributed by atoms with Crippen LogP contribution < -0.4 is 10.6 Å². The van der Waals surface area contributed by atoms with E-state index in [9.17, 15) is 8.60 Å². The number of aliphatic imine (C=N–C) groups is 1. The van der Waals surface area contributed by atoms with Crippen LogP contribution in [-0.4, -0.2) is 33.8 Å². The molecule has 132 valence electrons. The van der Waals surface area contributed by atoms with Crippen LogP contribution in [0.4, 0.5) is 4.39 Å². The summed E-state index contributed by atoms with van der Waals surface area (Å²) in [5.41, 5.74) is 0.554. The number of hydrogen-bond donors (Lipinski definition) is 2. The van der Waals surface area contributed by atoms with Crippen LogP contribution in [0.2, 0.25) is 0 Å². The summed E-state index contributed by atoms with van der Waals surface area (Å²) in [6.07, 6.45) is 0. The van der Waals surface area contributed by atoms with Crippen LogP contribution in [0, 0.1) is 5.82 Å². The van der Waals surface area contributed by atoms with E-state index in [1.165, 1.54) is 6.07 Å². The fourth-order valence-electron chi connectivity index (χ4n) is 1.70. The average Bonchev–Trinajstić information content (AvgIpc) is 2.45. The molecule has 1 aromatic carbocycles. The first kappa shape index (κ1) is 22.3. The molecular formula is C16H27FIN3OS. The van der Waals surface area contributed by atoms with E-state index < -0.39 is 10.8 Å². The Morgan fingerprint density at radius 2 is 1.91 bits per heavy atom. The van der Waals surface area contributed by atoms with Gasteiger partial charge in [0, 0.05) is 40.0 Å². The summed E-state index contributed by atoms with van der Waals surface area (Å²) in [7, 11) is -0.907. The van der Waals surface area contributed by atoms with Crippen molar-refractivity contribution in [2.24, 2.45) is 4.99 Å². The van der Waals surface area contributed by atoms with Gasteiger partial charge >= 0.3 is 0 Å². The highest BCUT2D eigenvalue weighted by Gasteiger charge is 2.18. The number of halogens is 2. The number of guanidine groups is 1. The molecule has 2 N–H and O–H groups in total. The molecule has 1 atom stereocenters. The van der Waals surface area contributed by atoms with Crippen molar-refractivity contribution in [3.8, 4) is 0 Å². The quantitative estimate of drug-likeness (QED) is 0.394. The summed E-state index contributed by atoms with van der Waals surface area (Å²) in [5.74, 6) is 0.903. The number of hydrogen-bond acceptors (Lipinski definition) is 2. The van der Waals surface area contributed by atoms with Crippen LogP contribution in [0.1, 0.15) is 33.3 Å². The van der Waals surface area contributed by atoms with Gasteiger partial charge in [-0.15, -0.1) is 24.0 Å². The Hall–Kier alpha value is -0.700. The lowest BCUT2D eigenvalue weighted by atomic mass is 10.2. The molecule has 4 nitrogen and oxygen atoms in total. The van der Waals surface area contributed by atoms with Gasteiger partial charge in [-0.25, -0.2) is 9.38 Å². The molecule has 0 saturated carbocycles. The Labute approximate surface area is 158 Å². The molecule has 0 radical (unpaired) electrons. The molecule has 1 unspecified atom stereocenters. The van der Waals surface area contributed by atoms with Crippen molar-refractivity contribution in [3.05, 3.63) is 35.6 Å². The Bertz CT molecular complexity index is 532. The predicted octanol–water partition coefficient (Wildman–Crippen LogP) is 3.05. The highest BCUT2D eigenvalue weighted by Crippen LogP contribution is 2.10. The van der Waals surface area contributed by atoms with Gasteiger partial charge in [-0.05, 0) is 33.8 Å². The molecule has 0 spiro atoms. The Morgan fingerprint density at radius 3 is 2.48 bits per heavy atom. The lowest BCUT2D eigenvalue weighted by molar-refractivity contribution is 0.610. The first-order valence-electron chi connectivity index (χ1n) is 7.48. The fraction of sp³-hybridized carbons (Fsp3) is 0.562. The van der Waals surface area contributed by atoms with Crippen LogP contribution >= 0.6 is 24.0 Å². The van der Waals surface area contributed by atoms with Gasteiger partial charge in [-0.2, -0.15) is 0 Å². The van der Waals surface area contributed by atoms with Crippen LogP contribution in [0.3, 0.4) is 0 Å². The van der Waals surface area contributed by atoms with Crippen molar-refractivity contribution in [1.29, 1.82) is 0 Å². The zero-order valence-electron chi connectivity index (χ0n) is 14.2. The van der Waals surface area contributed by atoms with Gasteiger partial charge in [-0.3, -0.25) is 4.21 Å². The SMILES string of the molecule is CCNC(=NCc1ccccc1F)NCCS(=O)C(C)(C)C.I. The van der Waals surface area contributed by atoms with E-state index in [1.54, 1.807) is 18.2 Å². The van der Waals surface area contributed by atoms with E-state index in [0.717, 1.165) is 0 Å². The van der Waals surface area contributed by atoms with E-state index in [4.69, 9.17) is 0 Å². The topological polar surface area (TPSA) is 53.5 Å². The highest BCUT2D eigenvalue weighted by atomic mass is 127. The van der Waals surface area contributed by atoms with E-state index in [0.29, 0.717) is 30.4 Å². The third-order valence-electron chi connectivity index (χ3n) is 2.97. The number of benzene rings is 1. The number of nitrogens with zero attached hydrogens (tertiary/aromatic N) is 1. The molecule has 0 amide bonds. The zero-order chi connectivity index (χ0) is 16.6. The summed E-state index contributed by atoms with van der Waals surface area (Å²) in [5, 5.41) is 6.24. The standard InChI is InChI=1S/C16H26FN3OS.HI/c1-5-18-15(19-10-11-22(21)16(2,3)4)20-12-13-8-6-7-9-14(13)17;/h6-9H,5,10-12H2,1-4H3,(H2,18,19,20);1H. The summed E-state index contributed by atoms with van der Waals surface area (Å²) in [6.45, 7) is 9.39. The van der Waals surface area contributed by atoms with Crippen LogP contribution in [0.5, 0.6) is 0 Å². The Balaban J connectivity index is 0.00000484. The molecule has 7 heteroatoms. The van der Waals surface area contributed by atoms with Crippen molar-refractivity contribution in [2.75, 3.05) is 18.8 Å². The largest absolute Gasteiger partial charge is 0.357 e. The molecule has 1 rings (SSSR count). The maximum atomic E-state index is 13.6. The van der Waals surface area contributed by atoms with Crippen molar-refractivity contribution < 1.29 is 8.60 Å². The van der Waals surface area contributed by atoms with Gasteiger partial charge in [-0.1, -0.05) is 18.2 Å². The Kier molecular flexibility index (Phi) is 10.6. The molecular weight excluding hydrogens is 428 g/mol. The van der Waals surface area contributed by atoms with E-state index in [-0.39, 0.29) is 41.1 Å². The highest BCUT2D eigenvalue weighted by molar-refractivity contribution is 14.0. The summed E-state index contributed by atoms with van der Waals surface area (Å²) in [6, 6.07) is 6.60. The summed E-state index contributed by atoms with van der Waals surface area (Å²) >= 11 is 0. The Morgan fingerprint density at radius 1 is 1.26 bits per heavy atom. The minimum atomic E-state index is -0.907. The molecule has 0 fully saturated rings. The average molecular weight is 455 g/mol.